The van der Waals surface area contributed by atoms with Crippen molar-refractivity contribution >= 4 is 5.78 Å². The lowest BCUT2D eigenvalue weighted by molar-refractivity contribution is -0.139. The van der Waals surface area contributed by atoms with Gasteiger partial charge in [0.2, 0.25) is 0 Å². The summed E-state index contributed by atoms with van der Waals surface area (Å²) in [6, 6.07) is 10.1. The second-order valence-electron chi connectivity index (χ2n) is 6.45. The van der Waals surface area contributed by atoms with Gasteiger partial charge < -0.3 is 0 Å². The zero-order valence-corrected chi connectivity index (χ0v) is 15.2. The van der Waals surface area contributed by atoms with Gasteiger partial charge in [0.25, 0.3) is 0 Å². The minimum atomic E-state index is -4.75. The van der Waals surface area contributed by atoms with E-state index in [0.717, 1.165) is 42.6 Å². The highest BCUT2D eigenvalue weighted by Gasteiger charge is 2.37. The van der Waals surface area contributed by atoms with Gasteiger partial charge in [-0.1, -0.05) is 18.2 Å². The molecule has 0 N–H and O–H groups in total. The van der Waals surface area contributed by atoms with Crippen LogP contribution in [0.4, 0.5) is 26.3 Å². The number of halogens is 6. The van der Waals surface area contributed by atoms with Gasteiger partial charge in [0.1, 0.15) is 5.69 Å². The molecule has 0 saturated carbocycles. The molecule has 0 fully saturated rings. The van der Waals surface area contributed by atoms with Crippen molar-refractivity contribution < 1.29 is 31.1 Å². The molecule has 1 aromatic carbocycles. The minimum Gasteiger partial charge on any atom is -0.292 e. The maximum atomic E-state index is 13.5. The van der Waals surface area contributed by atoms with Crippen molar-refractivity contribution in [2.24, 2.45) is 0 Å². The molecule has 0 bridgehead atoms. The first kappa shape index (κ1) is 21.5. The Balaban J connectivity index is 2.07. The molecule has 3 aromatic rings. The van der Waals surface area contributed by atoms with E-state index in [1.54, 1.807) is 12.1 Å². The van der Waals surface area contributed by atoms with Gasteiger partial charge in [-0.3, -0.25) is 14.8 Å². The zero-order chi connectivity index (χ0) is 21.9. The van der Waals surface area contributed by atoms with E-state index in [4.69, 9.17) is 0 Å². The second kappa shape index (κ2) is 8.25. The summed E-state index contributed by atoms with van der Waals surface area (Å²) in [5, 5.41) is 0. The third-order valence-corrected chi connectivity index (χ3v) is 4.45. The van der Waals surface area contributed by atoms with E-state index in [-0.39, 0.29) is 11.3 Å². The molecule has 156 valence electrons. The summed E-state index contributed by atoms with van der Waals surface area (Å²) in [6.45, 7) is 0. The number of carbonyl (C=O) groups is 1. The van der Waals surface area contributed by atoms with Crippen molar-refractivity contribution in [1.29, 1.82) is 0 Å². The number of rotatable bonds is 5. The molecule has 2 aromatic heterocycles. The number of benzene rings is 1. The molecule has 0 unspecified atom stereocenters. The quantitative estimate of drug-likeness (QED) is 0.377. The number of pyridine rings is 2. The van der Waals surface area contributed by atoms with E-state index < -0.39 is 47.3 Å². The van der Waals surface area contributed by atoms with Crippen LogP contribution in [0.15, 0.2) is 67.0 Å². The summed E-state index contributed by atoms with van der Waals surface area (Å²) in [6.07, 6.45) is -7.28. The molecular formula is C21H14F6N2O. The summed E-state index contributed by atoms with van der Waals surface area (Å²) < 4.78 is 79.2. The number of hydrogen-bond acceptors (Lipinski definition) is 3. The van der Waals surface area contributed by atoms with Crippen LogP contribution in [0.5, 0.6) is 0 Å². The van der Waals surface area contributed by atoms with Crippen LogP contribution in [-0.2, 0) is 12.4 Å². The van der Waals surface area contributed by atoms with Crippen LogP contribution in [-0.4, -0.2) is 15.8 Å². The molecule has 0 aliphatic carbocycles. The minimum absolute atomic E-state index is 0.0406. The van der Waals surface area contributed by atoms with Crippen LogP contribution in [0, 0.1) is 0 Å². The number of nitrogens with zero attached hydrogens (tertiary/aromatic N) is 2. The summed E-state index contributed by atoms with van der Waals surface area (Å²) in [5.74, 6) is -1.76. The Labute approximate surface area is 167 Å². The van der Waals surface area contributed by atoms with Gasteiger partial charge in [0, 0.05) is 24.7 Å². The van der Waals surface area contributed by atoms with Gasteiger partial charge in [-0.15, -0.1) is 0 Å². The first-order valence-corrected chi connectivity index (χ1v) is 8.71. The predicted molar refractivity (Wildman–Crippen MR) is 95.7 cm³/mol. The van der Waals surface area contributed by atoms with E-state index in [1.165, 1.54) is 12.3 Å². The normalized spacial score (nSPS) is 13.1. The standard InChI is InChI=1S/C21H14F6N2O/c22-20(23,24)14-8-6-13(7-9-14)15(12-18(30)17-5-1-2-10-28-17)19-16(21(25,26)27)4-3-11-29-19/h1-11,15H,12H2/t15-/m0/s1. The number of alkyl halides is 6. The molecule has 0 aliphatic rings. The van der Waals surface area contributed by atoms with Crippen molar-refractivity contribution in [1.82, 2.24) is 9.97 Å². The molecule has 0 amide bonds. The molecule has 30 heavy (non-hydrogen) atoms. The van der Waals surface area contributed by atoms with E-state index in [0.29, 0.717) is 0 Å². The fraction of sp³-hybridized carbons (Fsp3) is 0.190. The number of hydrogen-bond donors (Lipinski definition) is 0. The highest BCUT2D eigenvalue weighted by molar-refractivity contribution is 5.95. The monoisotopic (exact) mass is 424 g/mol. The van der Waals surface area contributed by atoms with Gasteiger partial charge in [-0.05, 0) is 42.0 Å². The molecule has 3 nitrogen and oxygen atoms in total. The number of aromatic nitrogens is 2. The van der Waals surface area contributed by atoms with Crippen molar-refractivity contribution in [3.05, 3.63) is 95.1 Å². The number of carbonyl (C=O) groups excluding carboxylic acids is 1. The smallest absolute Gasteiger partial charge is 0.292 e. The molecular weight excluding hydrogens is 410 g/mol. The van der Waals surface area contributed by atoms with E-state index >= 15 is 0 Å². The Hall–Kier alpha value is -3.23. The molecule has 3 rings (SSSR count). The molecule has 0 spiro atoms. The van der Waals surface area contributed by atoms with E-state index in [9.17, 15) is 31.1 Å². The van der Waals surface area contributed by atoms with Gasteiger partial charge in [-0.2, -0.15) is 26.3 Å². The van der Waals surface area contributed by atoms with Crippen LogP contribution < -0.4 is 0 Å². The summed E-state index contributed by atoms with van der Waals surface area (Å²) in [4.78, 5) is 20.4. The molecule has 9 heteroatoms. The molecule has 0 saturated heterocycles. The Bertz CT molecular complexity index is 1010. The van der Waals surface area contributed by atoms with Crippen molar-refractivity contribution in [2.75, 3.05) is 0 Å². The Morgan fingerprint density at radius 2 is 1.47 bits per heavy atom. The molecule has 0 radical (unpaired) electrons. The number of ketones is 1. The number of Topliss-reactive ketones (excluding diaryl/α,β-unsaturated/α-hetero) is 1. The lowest BCUT2D eigenvalue weighted by Crippen LogP contribution is -2.18. The Morgan fingerprint density at radius 1 is 0.800 bits per heavy atom. The largest absolute Gasteiger partial charge is 0.418 e. The maximum Gasteiger partial charge on any atom is 0.418 e. The van der Waals surface area contributed by atoms with Gasteiger partial charge in [0.05, 0.1) is 16.8 Å². The average Bonchev–Trinajstić information content (AvgIpc) is 2.71. The molecule has 2 heterocycles. The molecule has 0 aliphatic heterocycles. The van der Waals surface area contributed by atoms with Crippen molar-refractivity contribution in [3.8, 4) is 0 Å². The van der Waals surface area contributed by atoms with Crippen LogP contribution in [0.3, 0.4) is 0 Å². The molecule has 1 atom stereocenters. The zero-order valence-electron chi connectivity index (χ0n) is 15.2. The first-order chi connectivity index (χ1) is 14.1. The van der Waals surface area contributed by atoms with Crippen LogP contribution in [0.25, 0.3) is 0 Å². The van der Waals surface area contributed by atoms with Gasteiger partial charge in [-0.25, -0.2) is 0 Å². The van der Waals surface area contributed by atoms with Crippen LogP contribution in [0.2, 0.25) is 0 Å². The summed E-state index contributed by atoms with van der Waals surface area (Å²) >= 11 is 0. The Morgan fingerprint density at radius 3 is 2.03 bits per heavy atom. The fourth-order valence-corrected chi connectivity index (χ4v) is 3.03. The van der Waals surface area contributed by atoms with E-state index in [1.807, 2.05) is 0 Å². The third kappa shape index (κ3) is 4.84. The topological polar surface area (TPSA) is 42.9 Å². The first-order valence-electron chi connectivity index (χ1n) is 8.71. The van der Waals surface area contributed by atoms with Crippen molar-refractivity contribution in [2.45, 2.75) is 24.7 Å². The van der Waals surface area contributed by atoms with E-state index in [2.05, 4.69) is 9.97 Å². The van der Waals surface area contributed by atoms with Gasteiger partial charge in [0.15, 0.2) is 5.78 Å². The van der Waals surface area contributed by atoms with Crippen molar-refractivity contribution in [3.63, 3.8) is 0 Å². The third-order valence-electron chi connectivity index (χ3n) is 4.45. The summed E-state index contributed by atoms with van der Waals surface area (Å²) in [5.41, 5.74) is -2.29. The fourth-order valence-electron chi connectivity index (χ4n) is 3.03. The average molecular weight is 424 g/mol. The SMILES string of the molecule is O=C(C[C@@H](c1ccc(C(F)(F)F)cc1)c1ncccc1C(F)(F)F)c1ccccn1. The summed E-state index contributed by atoms with van der Waals surface area (Å²) in [7, 11) is 0. The predicted octanol–water partition coefficient (Wildman–Crippen LogP) is 5.92. The second-order valence-corrected chi connectivity index (χ2v) is 6.45. The highest BCUT2D eigenvalue weighted by Crippen LogP contribution is 2.39. The van der Waals surface area contributed by atoms with Crippen LogP contribution >= 0.6 is 0 Å². The van der Waals surface area contributed by atoms with Crippen LogP contribution in [0.1, 0.15) is 45.2 Å². The Kier molecular flexibility index (Phi) is 5.91. The lowest BCUT2D eigenvalue weighted by Gasteiger charge is -2.21. The highest BCUT2D eigenvalue weighted by atomic mass is 19.4. The lowest BCUT2D eigenvalue weighted by atomic mass is 9.86. The van der Waals surface area contributed by atoms with Gasteiger partial charge >= 0.3 is 12.4 Å². The maximum absolute atomic E-state index is 13.5.